The van der Waals surface area contributed by atoms with Gasteiger partial charge in [0.2, 0.25) is 0 Å². The Morgan fingerprint density at radius 3 is 2.63 bits per heavy atom. The fourth-order valence-corrected chi connectivity index (χ4v) is 5.08. The molecule has 0 fully saturated rings. The third kappa shape index (κ3) is 6.23. The number of hydrogen-bond donors (Lipinski definition) is 4. The Morgan fingerprint density at radius 1 is 1.11 bits per heavy atom. The number of amides is 3. The van der Waals surface area contributed by atoms with E-state index < -0.39 is 23.6 Å². The number of nitrogen functional groups attached to an aromatic ring is 1. The van der Waals surface area contributed by atoms with Crippen LogP contribution in [-0.2, 0) is 0 Å². The van der Waals surface area contributed by atoms with Gasteiger partial charge in [-0.15, -0.1) is 11.3 Å². The number of anilines is 3. The average Bonchev–Trinajstić information content (AvgIpc) is 3.50. The maximum absolute atomic E-state index is 14.7. The second kappa shape index (κ2) is 11.5. The minimum atomic E-state index is -0.934. The number of halogens is 2. The van der Waals surface area contributed by atoms with Crippen molar-refractivity contribution in [1.82, 2.24) is 15.3 Å². The van der Waals surface area contributed by atoms with Crippen LogP contribution in [0.3, 0.4) is 0 Å². The molecule has 4 aromatic rings. The zero-order chi connectivity index (χ0) is 27.4. The number of methoxy groups -OCH3 is 1. The molecule has 2 heterocycles. The lowest BCUT2D eigenvalue weighted by Gasteiger charge is -2.10. The highest BCUT2D eigenvalue weighted by Gasteiger charge is 2.20. The van der Waals surface area contributed by atoms with Crippen LogP contribution >= 0.6 is 22.7 Å². The summed E-state index contributed by atoms with van der Waals surface area (Å²) in [6.07, 6.45) is 0. The summed E-state index contributed by atoms with van der Waals surface area (Å²) in [5.41, 5.74) is 6.28. The number of aromatic nitrogens is 2. The Kier molecular flexibility index (Phi) is 8.17. The average molecular weight is 559 g/mol. The van der Waals surface area contributed by atoms with Gasteiger partial charge < -0.3 is 21.1 Å². The van der Waals surface area contributed by atoms with Gasteiger partial charge in [-0.2, -0.15) is 0 Å². The third-order valence-corrected chi connectivity index (χ3v) is 7.14. The van der Waals surface area contributed by atoms with Crippen LogP contribution in [-0.4, -0.2) is 35.6 Å². The van der Waals surface area contributed by atoms with E-state index in [2.05, 4.69) is 25.9 Å². The van der Waals surface area contributed by atoms with Gasteiger partial charge in [0.05, 0.1) is 18.5 Å². The van der Waals surface area contributed by atoms with Crippen LogP contribution in [0.2, 0.25) is 0 Å². The highest BCUT2D eigenvalue weighted by Crippen LogP contribution is 2.39. The van der Waals surface area contributed by atoms with E-state index in [0.29, 0.717) is 28.2 Å². The largest absolute Gasteiger partial charge is 0.497 e. The number of nitrogens with one attached hydrogen (secondary N) is 3. The summed E-state index contributed by atoms with van der Waals surface area (Å²) >= 11 is 2.30. The third-order valence-electron chi connectivity index (χ3n) is 5.16. The Hall–Kier alpha value is -4.10. The predicted molar refractivity (Wildman–Crippen MR) is 146 cm³/mol. The molecule has 0 saturated heterocycles. The summed E-state index contributed by atoms with van der Waals surface area (Å²) in [6.45, 7) is 4.45. The monoisotopic (exact) mass is 558 g/mol. The number of nitrogens with zero attached hydrogens (tertiary/aromatic N) is 2. The van der Waals surface area contributed by atoms with E-state index in [9.17, 15) is 18.4 Å². The molecule has 0 radical (unpaired) electrons. The fraction of sp³-hybridized carbons (Fsp3) is 0.200. The lowest BCUT2D eigenvalue weighted by molar-refractivity contribution is 0.102. The van der Waals surface area contributed by atoms with Crippen LogP contribution in [0, 0.1) is 17.6 Å². The molecule has 0 bridgehead atoms. The van der Waals surface area contributed by atoms with Crippen molar-refractivity contribution in [2.75, 3.05) is 30.0 Å². The van der Waals surface area contributed by atoms with E-state index in [1.54, 1.807) is 23.6 Å². The standard InChI is InChI=1S/C25H24F2N6O3S2/c1-12(2)10-29-24(35)33-25-32-21(28)20(38-25)23-31-19(11-37-23)15-8-18(17(27)9-16(15)26)30-22(34)13-5-4-6-14(7-13)36-3/h4-9,11-12H,10,28H2,1-3H3,(H,30,34)(H2,29,32,33,35). The number of benzene rings is 2. The smallest absolute Gasteiger partial charge is 0.321 e. The van der Waals surface area contributed by atoms with Crippen molar-refractivity contribution in [3.8, 4) is 26.9 Å². The summed E-state index contributed by atoms with van der Waals surface area (Å²) in [5, 5.41) is 10.1. The van der Waals surface area contributed by atoms with Crippen molar-refractivity contribution in [2.45, 2.75) is 13.8 Å². The van der Waals surface area contributed by atoms with Crippen molar-refractivity contribution in [1.29, 1.82) is 0 Å². The summed E-state index contributed by atoms with van der Waals surface area (Å²) in [4.78, 5) is 33.8. The molecule has 0 unspecified atom stereocenters. The normalized spacial score (nSPS) is 10.9. The second-order valence-electron chi connectivity index (χ2n) is 8.50. The van der Waals surface area contributed by atoms with E-state index in [0.717, 1.165) is 11.3 Å². The maximum atomic E-state index is 14.7. The molecule has 0 saturated carbocycles. The first-order valence-electron chi connectivity index (χ1n) is 11.4. The van der Waals surface area contributed by atoms with Gasteiger partial charge in [-0.3, -0.25) is 10.1 Å². The minimum Gasteiger partial charge on any atom is -0.497 e. The molecule has 13 heteroatoms. The van der Waals surface area contributed by atoms with Gasteiger partial charge in [0.25, 0.3) is 5.91 Å². The molecule has 0 aliphatic heterocycles. The zero-order valence-electron chi connectivity index (χ0n) is 20.6. The number of ether oxygens (including phenoxy) is 1. The Bertz CT molecular complexity index is 1490. The molecule has 3 amide bonds. The molecular formula is C25H24F2N6O3S2. The first kappa shape index (κ1) is 26.9. The highest BCUT2D eigenvalue weighted by atomic mass is 32.1. The van der Waals surface area contributed by atoms with Gasteiger partial charge in [0.15, 0.2) is 5.13 Å². The molecule has 5 N–H and O–H groups in total. The molecule has 9 nitrogen and oxygen atoms in total. The molecule has 198 valence electrons. The summed E-state index contributed by atoms with van der Waals surface area (Å²) in [7, 11) is 1.47. The van der Waals surface area contributed by atoms with Crippen LogP contribution in [0.15, 0.2) is 41.8 Å². The lowest BCUT2D eigenvalue weighted by Crippen LogP contribution is -2.31. The van der Waals surface area contributed by atoms with Gasteiger partial charge in [0.1, 0.15) is 33.1 Å². The van der Waals surface area contributed by atoms with Crippen molar-refractivity contribution >= 4 is 51.2 Å². The van der Waals surface area contributed by atoms with Gasteiger partial charge in [0, 0.05) is 29.1 Å². The van der Waals surface area contributed by atoms with Gasteiger partial charge in [-0.25, -0.2) is 23.5 Å². The van der Waals surface area contributed by atoms with E-state index >= 15 is 0 Å². The van der Waals surface area contributed by atoms with Crippen molar-refractivity contribution < 1.29 is 23.1 Å². The van der Waals surface area contributed by atoms with Crippen LogP contribution < -0.4 is 26.4 Å². The Morgan fingerprint density at radius 2 is 1.89 bits per heavy atom. The Labute approximate surface area is 225 Å². The number of thiazole rings is 2. The quantitative estimate of drug-likeness (QED) is 0.215. The van der Waals surface area contributed by atoms with Gasteiger partial charge in [-0.1, -0.05) is 31.3 Å². The summed E-state index contributed by atoms with van der Waals surface area (Å²) in [5.74, 6) is -1.47. The molecule has 0 aliphatic rings. The van der Waals surface area contributed by atoms with Crippen LogP contribution in [0.5, 0.6) is 5.75 Å². The fourth-order valence-electron chi connectivity index (χ4n) is 3.28. The SMILES string of the molecule is COc1cccc(C(=O)Nc2cc(-c3csc(-c4sc(NC(=O)NCC(C)C)nc4N)n3)c(F)cc2F)c1. The number of hydrogen-bond acceptors (Lipinski definition) is 8. The van der Waals surface area contributed by atoms with E-state index in [1.807, 2.05) is 13.8 Å². The molecule has 0 atom stereocenters. The molecular weight excluding hydrogens is 534 g/mol. The number of carbonyl (C=O) groups excluding carboxylic acids is 2. The van der Waals surface area contributed by atoms with Crippen LogP contribution in [0.4, 0.5) is 30.2 Å². The molecule has 0 spiro atoms. The van der Waals surface area contributed by atoms with Crippen LogP contribution in [0.1, 0.15) is 24.2 Å². The molecule has 2 aromatic carbocycles. The maximum Gasteiger partial charge on any atom is 0.321 e. The molecule has 38 heavy (non-hydrogen) atoms. The molecule has 0 aliphatic carbocycles. The molecule has 2 aromatic heterocycles. The number of rotatable bonds is 8. The number of carbonyl (C=O) groups is 2. The van der Waals surface area contributed by atoms with Crippen molar-refractivity contribution in [2.24, 2.45) is 5.92 Å². The summed E-state index contributed by atoms with van der Waals surface area (Å²) < 4.78 is 34.4. The minimum absolute atomic E-state index is 0.00987. The lowest BCUT2D eigenvalue weighted by atomic mass is 10.1. The first-order valence-corrected chi connectivity index (χ1v) is 13.1. The van der Waals surface area contributed by atoms with Gasteiger partial charge in [-0.05, 0) is 30.2 Å². The predicted octanol–water partition coefficient (Wildman–Crippen LogP) is 5.83. The zero-order valence-corrected chi connectivity index (χ0v) is 22.2. The number of urea groups is 1. The van der Waals surface area contributed by atoms with Crippen LogP contribution in [0.25, 0.3) is 21.1 Å². The summed E-state index contributed by atoms with van der Waals surface area (Å²) in [6, 6.07) is 7.81. The number of nitrogens with two attached hydrogens (primary N) is 1. The Balaban J connectivity index is 1.55. The van der Waals surface area contributed by atoms with Gasteiger partial charge >= 0.3 is 6.03 Å². The molecule has 4 rings (SSSR count). The van der Waals surface area contributed by atoms with Crippen molar-refractivity contribution in [3.05, 3.63) is 59.0 Å². The van der Waals surface area contributed by atoms with E-state index in [1.165, 1.54) is 30.6 Å². The highest BCUT2D eigenvalue weighted by molar-refractivity contribution is 7.23. The van der Waals surface area contributed by atoms with E-state index in [-0.39, 0.29) is 39.4 Å². The van der Waals surface area contributed by atoms with Crippen molar-refractivity contribution in [3.63, 3.8) is 0 Å². The topological polar surface area (TPSA) is 131 Å². The van der Waals surface area contributed by atoms with E-state index in [4.69, 9.17) is 10.5 Å². The second-order valence-corrected chi connectivity index (χ2v) is 10.4. The first-order chi connectivity index (χ1) is 18.1.